The van der Waals surface area contributed by atoms with Crippen molar-refractivity contribution in [2.75, 3.05) is 0 Å². The van der Waals surface area contributed by atoms with Crippen molar-refractivity contribution < 1.29 is 9.90 Å². The van der Waals surface area contributed by atoms with Crippen LogP contribution in [-0.2, 0) is 7.05 Å². The molecule has 1 fully saturated rings. The van der Waals surface area contributed by atoms with E-state index in [4.69, 9.17) is 0 Å². The van der Waals surface area contributed by atoms with E-state index in [0.29, 0.717) is 12.8 Å². The zero-order chi connectivity index (χ0) is 16.4. The van der Waals surface area contributed by atoms with E-state index in [1.165, 1.54) is 18.6 Å². The third kappa shape index (κ3) is 3.37. The highest BCUT2D eigenvalue weighted by atomic mass is 16.3. The Labute approximate surface area is 134 Å². The molecule has 2 N–H and O–H groups in total. The van der Waals surface area contributed by atoms with Crippen molar-refractivity contribution in [3.8, 4) is 0 Å². The summed E-state index contributed by atoms with van der Waals surface area (Å²) in [5.41, 5.74) is 0.247. The lowest BCUT2D eigenvalue weighted by atomic mass is 9.83. The van der Waals surface area contributed by atoms with Crippen LogP contribution in [0.15, 0.2) is 18.6 Å². The molecule has 2 aromatic rings. The summed E-state index contributed by atoms with van der Waals surface area (Å²) in [6.45, 7) is 1.86. The summed E-state index contributed by atoms with van der Waals surface area (Å²) in [5, 5.41) is 17.3. The lowest BCUT2D eigenvalue weighted by Gasteiger charge is -2.33. The second kappa shape index (κ2) is 6.41. The van der Waals surface area contributed by atoms with E-state index in [0.717, 1.165) is 18.1 Å². The Morgan fingerprint density at radius 1 is 1.39 bits per heavy atom. The number of aromatic nitrogens is 5. The fourth-order valence-corrected chi connectivity index (χ4v) is 3.09. The van der Waals surface area contributed by atoms with Gasteiger partial charge in [-0.3, -0.25) is 14.5 Å². The largest absolute Gasteiger partial charge is 0.391 e. The number of carbonyl (C=O) groups excluding carboxylic acids is 1. The van der Waals surface area contributed by atoms with Gasteiger partial charge in [-0.05, 0) is 26.2 Å². The van der Waals surface area contributed by atoms with Gasteiger partial charge in [-0.1, -0.05) is 0 Å². The lowest BCUT2D eigenvalue weighted by Crippen LogP contribution is -2.47. The number of aryl methyl sites for hydroxylation is 2. The van der Waals surface area contributed by atoms with Crippen molar-refractivity contribution in [3.63, 3.8) is 0 Å². The van der Waals surface area contributed by atoms with Gasteiger partial charge in [-0.25, -0.2) is 9.97 Å². The summed E-state index contributed by atoms with van der Waals surface area (Å²) in [6.07, 6.45) is 5.89. The molecule has 23 heavy (non-hydrogen) atoms. The molecule has 8 nitrogen and oxygen atoms in total. The highest BCUT2D eigenvalue weighted by Crippen LogP contribution is 2.32. The number of nitrogens with one attached hydrogen (secondary N) is 1. The van der Waals surface area contributed by atoms with Crippen LogP contribution in [0.25, 0.3) is 0 Å². The minimum Gasteiger partial charge on any atom is -0.391 e. The number of carbonyl (C=O) groups is 1. The van der Waals surface area contributed by atoms with Gasteiger partial charge in [0.1, 0.15) is 17.3 Å². The third-order valence-electron chi connectivity index (χ3n) is 4.19. The van der Waals surface area contributed by atoms with E-state index < -0.39 is 6.10 Å². The lowest BCUT2D eigenvalue weighted by molar-refractivity contribution is 0.0666. The van der Waals surface area contributed by atoms with E-state index >= 15 is 0 Å². The van der Waals surface area contributed by atoms with E-state index in [1.807, 2.05) is 14.0 Å². The van der Waals surface area contributed by atoms with Gasteiger partial charge >= 0.3 is 0 Å². The van der Waals surface area contributed by atoms with Gasteiger partial charge in [-0.15, -0.1) is 0 Å². The van der Waals surface area contributed by atoms with E-state index in [9.17, 15) is 9.90 Å². The topological polar surface area (TPSA) is 106 Å². The molecule has 1 aliphatic carbocycles. The summed E-state index contributed by atoms with van der Waals surface area (Å²) in [6, 6.07) is -0.333. The maximum atomic E-state index is 12.2. The van der Waals surface area contributed by atoms with Crippen LogP contribution in [0.3, 0.4) is 0 Å². The van der Waals surface area contributed by atoms with Crippen LogP contribution in [-0.4, -0.2) is 47.9 Å². The number of hydrogen-bond donors (Lipinski definition) is 2. The number of amides is 1. The number of aliphatic hydroxyl groups is 1. The Morgan fingerprint density at radius 2 is 2.22 bits per heavy atom. The molecule has 8 heteroatoms. The standard InChI is InChI=1S/C15H20N6O2/c1-9-18-14(21(2)20-9)10-3-4-13(22)11(7-10)19-15(23)12-8-16-5-6-17-12/h5-6,8,10-11,13,22H,3-4,7H2,1-2H3,(H,19,23)/t10-,11+,13+/m0/s1. The van der Waals surface area contributed by atoms with Gasteiger partial charge in [0.05, 0.1) is 18.3 Å². The van der Waals surface area contributed by atoms with Crippen LogP contribution in [0.2, 0.25) is 0 Å². The predicted octanol–water partition coefficient (Wildman–Crippen LogP) is 0.341. The van der Waals surface area contributed by atoms with Gasteiger partial charge in [0.2, 0.25) is 0 Å². The van der Waals surface area contributed by atoms with Crippen molar-refractivity contribution in [2.45, 2.75) is 44.2 Å². The molecule has 0 unspecified atom stereocenters. The quantitative estimate of drug-likeness (QED) is 0.846. The number of rotatable bonds is 3. The number of hydrogen-bond acceptors (Lipinski definition) is 6. The fourth-order valence-electron chi connectivity index (χ4n) is 3.09. The molecule has 1 aliphatic rings. The summed E-state index contributed by atoms with van der Waals surface area (Å²) in [7, 11) is 1.87. The Bertz CT molecular complexity index is 687. The summed E-state index contributed by atoms with van der Waals surface area (Å²) >= 11 is 0. The molecule has 3 rings (SSSR count). The Morgan fingerprint density at radius 3 is 2.87 bits per heavy atom. The Kier molecular flexibility index (Phi) is 4.33. The molecule has 122 valence electrons. The van der Waals surface area contributed by atoms with Crippen molar-refractivity contribution in [3.05, 3.63) is 35.9 Å². The minimum atomic E-state index is -0.568. The highest BCUT2D eigenvalue weighted by molar-refractivity contribution is 5.92. The first-order chi connectivity index (χ1) is 11.0. The third-order valence-corrected chi connectivity index (χ3v) is 4.19. The first-order valence-corrected chi connectivity index (χ1v) is 7.67. The molecular weight excluding hydrogens is 296 g/mol. The smallest absolute Gasteiger partial charge is 0.271 e. The van der Waals surface area contributed by atoms with Gasteiger partial charge in [0.15, 0.2) is 0 Å². The number of aliphatic hydroxyl groups excluding tert-OH is 1. The van der Waals surface area contributed by atoms with E-state index in [-0.39, 0.29) is 23.6 Å². The van der Waals surface area contributed by atoms with Crippen LogP contribution < -0.4 is 5.32 Å². The molecule has 2 heterocycles. The van der Waals surface area contributed by atoms with Gasteiger partial charge in [-0.2, -0.15) is 5.10 Å². The zero-order valence-corrected chi connectivity index (χ0v) is 13.2. The van der Waals surface area contributed by atoms with Crippen molar-refractivity contribution in [1.29, 1.82) is 0 Å². The van der Waals surface area contributed by atoms with Gasteiger partial charge in [0, 0.05) is 25.4 Å². The monoisotopic (exact) mass is 316 g/mol. The van der Waals surface area contributed by atoms with Gasteiger partial charge < -0.3 is 10.4 Å². The predicted molar refractivity (Wildman–Crippen MR) is 81.6 cm³/mol. The Hall–Kier alpha value is -2.35. The van der Waals surface area contributed by atoms with Crippen LogP contribution >= 0.6 is 0 Å². The molecule has 3 atom stereocenters. The average molecular weight is 316 g/mol. The van der Waals surface area contributed by atoms with E-state index in [2.05, 4.69) is 25.4 Å². The Balaban J connectivity index is 1.71. The summed E-state index contributed by atoms with van der Waals surface area (Å²) in [5.74, 6) is 1.47. The summed E-state index contributed by atoms with van der Waals surface area (Å²) < 4.78 is 1.78. The number of nitrogens with zero attached hydrogens (tertiary/aromatic N) is 5. The van der Waals surface area contributed by atoms with Crippen molar-refractivity contribution in [1.82, 2.24) is 30.0 Å². The second-order valence-corrected chi connectivity index (χ2v) is 5.89. The molecule has 0 spiro atoms. The van der Waals surface area contributed by atoms with Crippen LogP contribution in [0, 0.1) is 6.92 Å². The normalized spacial score (nSPS) is 24.4. The highest BCUT2D eigenvalue weighted by Gasteiger charge is 2.33. The molecule has 0 saturated heterocycles. The van der Waals surface area contributed by atoms with E-state index in [1.54, 1.807) is 4.68 Å². The first-order valence-electron chi connectivity index (χ1n) is 7.67. The molecule has 0 aliphatic heterocycles. The SMILES string of the molecule is Cc1nc([C@H]2CC[C@@H](O)[C@H](NC(=O)c3cnccn3)C2)n(C)n1. The molecule has 1 saturated carbocycles. The molecule has 0 bridgehead atoms. The zero-order valence-electron chi connectivity index (χ0n) is 13.2. The fraction of sp³-hybridized carbons (Fsp3) is 0.533. The van der Waals surface area contributed by atoms with Crippen LogP contribution in [0.1, 0.15) is 47.3 Å². The molecule has 0 radical (unpaired) electrons. The van der Waals surface area contributed by atoms with Crippen LogP contribution in [0.5, 0.6) is 0 Å². The molecule has 0 aromatic carbocycles. The molecule has 2 aromatic heterocycles. The summed E-state index contributed by atoms with van der Waals surface area (Å²) in [4.78, 5) is 24.5. The van der Waals surface area contributed by atoms with Crippen LogP contribution in [0.4, 0.5) is 0 Å². The minimum absolute atomic E-state index is 0.164. The first kappa shape index (κ1) is 15.5. The maximum absolute atomic E-state index is 12.2. The molecular formula is C15H20N6O2. The second-order valence-electron chi connectivity index (χ2n) is 5.89. The van der Waals surface area contributed by atoms with Gasteiger partial charge in [0.25, 0.3) is 5.91 Å². The van der Waals surface area contributed by atoms with Crippen molar-refractivity contribution in [2.24, 2.45) is 7.05 Å². The van der Waals surface area contributed by atoms with Crippen molar-refractivity contribution >= 4 is 5.91 Å². The average Bonchev–Trinajstić information content (AvgIpc) is 2.89. The molecule has 1 amide bonds. The maximum Gasteiger partial charge on any atom is 0.271 e.